The summed E-state index contributed by atoms with van der Waals surface area (Å²) in [5.74, 6) is 0.586. The van der Waals surface area contributed by atoms with Crippen LogP contribution in [0, 0.1) is 0 Å². The van der Waals surface area contributed by atoms with E-state index in [-0.39, 0.29) is 6.42 Å². The van der Waals surface area contributed by atoms with Gasteiger partial charge in [0.15, 0.2) is 0 Å². The maximum absolute atomic E-state index is 10.5. The maximum atomic E-state index is 10.5. The summed E-state index contributed by atoms with van der Waals surface area (Å²) in [4.78, 5) is 10.5. The first-order valence-corrected chi connectivity index (χ1v) is 8.53. The van der Waals surface area contributed by atoms with Gasteiger partial charge < -0.3 is 20.0 Å². The van der Waals surface area contributed by atoms with Gasteiger partial charge in [0.25, 0.3) is 0 Å². The molecule has 4 nitrogen and oxygen atoms in total. The smallest absolute Gasteiger partial charge is 0.127 e. The van der Waals surface area contributed by atoms with Gasteiger partial charge in [0, 0.05) is 18.2 Å². The third-order valence-electron chi connectivity index (χ3n) is 3.95. The average Bonchev–Trinajstić information content (AvgIpc) is 2.67. The lowest BCUT2D eigenvalue weighted by Gasteiger charge is -2.10. The fourth-order valence-electron chi connectivity index (χ4n) is 2.58. The average molecular weight is 346 g/mol. The van der Waals surface area contributed by atoms with Crippen molar-refractivity contribution in [3.8, 4) is 11.5 Å². The largest absolute Gasteiger partial charge is 0.550 e. The van der Waals surface area contributed by atoms with Crippen LogP contribution in [0.15, 0.2) is 78.9 Å². The molecule has 0 saturated carbocycles. The van der Waals surface area contributed by atoms with Crippen molar-refractivity contribution in [1.82, 2.24) is 0 Å². The van der Waals surface area contributed by atoms with Gasteiger partial charge >= 0.3 is 0 Å². The molecule has 26 heavy (non-hydrogen) atoms. The van der Waals surface area contributed by atoms with Crippen LogP contribution in [-0.2, 0) is 17.8 Å². The summed E-state index contributed by atoms with van der Waals surface area (Å²) in [6.07, 6.45) is 0.530. The molecule has 0 fully saturated rings. The van der Waals surface area contributed by atoms with Gasteiger partial charge in [-0.2, -0.15) is 0 Å². The molecule has 132 valence electrons. The molecule has 0 aliphatic heterocycles. The van der Waals surface area contributed by atoms with Crippen molar-refractivity contribution < 1.29 is 14.6 Å². The van der Waals surface area contributed by atoms with E-state index in [4.69, 9.17) is 4.74 Å². The third-order valence-corrected chi connectivity index (χ3v) is 3.95. The van der Waals surface area contributed by atoms with E-state index in [1.54, 1.807) is 0 Å². The molecule has 3 aromatic carbocycles. The minimum absolute atomic E-state index is 0.0426. The Hall–Kier alpha value is -3.27. The molecule has 3 rings (SSSR count). The predicted molar refractivity (Wildman–Crippen MR) is 100 cm³/mol. The number of hydrogen-bond acceptors (Lipinski definition) is 4. The topological polar surface area (TPSA) is 61.4 Å². The Morgan fingerprint density at radius 2 is 1.58 bits per heavy atom. The van der Waals surface area contributed by atoms with Crippen LogP contribution in [-0.4, -0.2) is 5.97 Å². The minimum atomic E-state index is -1.02. The number of rotatable bonds is 8. The molecule has 0 aliphatic carbocycles. The van der Waals surface area contributed by atoms with E-state index in [9.17, 15) is 9.90 Å². The van der Waals surface area contributed by atoms with E-state index in [0.29, 0.717) is 13.0 Å². The van der Waals surface area contributed by atoms with Crippen LogP contribution in [0.1, 0.15) is 17.5 Å². The highest BCUT2D eigenvalue weighted by molar-refractivity contribution is 5.64. The van der Waals surface area contributed by atoms with Gasteiger partial charge in [0.05, 0.1) is 0 Å². The summed E-state index contributed by atoms with van der Waals surface area (Å²) >= 11 is 0. The number of para-hydroxylation sites is 1. The zero-order valence-corrected chi connectivity index (χ0v) is 14.4. The Balaban J connectivity index is 1.56. The zero-order chi connectivity index (χ0) is 18.2. The summed E-state index contributed by atoms with van der Waals surface area (Å²) < 4.78 is 5.85. The highest BCUT2D eigenvalue weighted by Gasteiger charge is 2.00. The maximum Gasteiger partial charge on any atom is 0.127 e. The molecule has 0 aromatic heterocycles. The van der Waals surface area contributed by atoms with Crippen LogP contribution in [0.4, 0.5) is 5.69 Å². The van der Waals surface area contributed by atoms with Gasteiger partial charge in [-0.1, -0.05) is 42.5 Å². The van der Waals surface area contributed by atoms with Crippen LogP contribution in [0.3, 0.4) is 0 Å². The fraction of sp³-hybridized carbons (Fsp3) is 0.136. The number of ether oxygens (including phenoxy) is 1. The van der Waals surface area contributed by atoms with Gasteiger partial charge in [-0.05, 0) is 60.4 Å². The number of benzene rings is 3. The molecule has 0 heterocycles. The standard InChI is InChI=1S/C22H21NO3/c24-22(25)14-11-17-9-12-19(13-10-17)23-16-18-5-4-8-21(15-18)26-20-6-2-1-3-7-20/h1-10,12-13,15,23H,11,14,16H2,(H,24,25)/p-1. The summed E-state index contributed by atoms with van der Waals surface area (Å²) in [5.41, 5.74) is 3.08. The van der Waals surface area contributed by atoms with E-state index in [1.165, 1.54) is 0 Å². The van der Waals surface area contributed by atoms with Crippen molar-refractivity contribution in [3.05, 3.63) is 90.0 Å². The molecule has 0 bridgehead atoms. The van der Waals surface area contributed by atoms with Crippen molar-refractivity contribution in [2.75, 3.05) is 5.32 Å². The van der Waals surface area contributed by atoms with Crippen LogP contribution >= 0.6 is 0 Å². The molecule has 0 radical (unpaired) electrons. The fourth-order valence-corrected chi connectivity index (χ4v) is 2.58. The third kappa shape index (κ3) is 5.38. The molecular weight excluding hydrogens is 326 g/mol. The number of carbonyl (C=O) groups is 1. The highest BCUT2D eigenvalue weighted by atomic mass is 16.5. The number of carbonyl (C=O) groups excluding carboxylic acids is 1. The quantitative estimate of drug-likeness (QED) is 0.674. The van der Waals surface area contributed by atoms with Gasteiger partial charge in [-0.25, -0.2) is 0 Å². The molecule has 0 atom stereocenters. The van der Waals surface area contributed by atoms with E-state index in [0.717, 1.165) is 28.3 Å². The molecule has 0 spiro atoms. The second-order valence-electron chi connectivity index (χ2n) is 5.99. The molecule has 0 saturated heterocycles. The zero-order valence-electron chi connectivity index (χ0n) is 14.4. The van der Waals surface area contributed by atoms with Crippen molar-refractivity contribution in [2.24, 2.45) is 0 Å². The van der Waals surface area contributed by atoms with E-state index < -0.39 is 5.97 Å². The van der Waals surface area contributed by atoms with Crippen LogP contribution in [0.2, 0.25) is 0 Å². The molecule has 0 unspecified atom stereocenters. The number of aryl methyl sites for hydroxylation is 1. The summed E-state index contributed by atoms with van der Waals surface area (Å²) in [7, 11) is 0. The Labute approximate surface area is 153 Å². The first-order valence-electron chi connectivity index (χ1n) is 8.53. The Morgan fingerprint density at radius 3 is 2.31 bits per heavy atom. The normalized spacial score (nSPS) is 10.3. The van der Waals surface area contributed by atoms with Gasteiger partial charge in [-0.3, -0.25) is 0 Å². The highest BCUT2D eigenvalue weighted by Crippen LogP contribution is 2.22. The lowest BCUT2D eigenvalue weighted by atomic mass is 10.1. The molecular formula is C22H20NO3-. The Morgan fingerprint density at radius 1 is 0.846 bits per heavy atom. The van der Waals surface area contributed by atoms with Crippen molar-refractivity contribution in [3.63, 3.8) is 0 Å². The molecule has 1 N–H and O–H groups in total. The second-order valence-corrected chi connectivity index (χ2v) is 5.99. The summed E-state index contributed by atoms with van der Waals surface area (Å²) in [5, 5.41) is 13.9. The minimum Gasteiger partial charge on any atom is -0.550 e. The van der Waals surface area contributed by atoms with E-state index >= 15 is 0 Å². The first kappa shape index (κ1) is 17.5. The number of carboxylic acids is 1. The second kappa shape index (κ2) is 8.72. The number of nitrogens with one attached hydrogen (secondary N) is 1. The molecule has 0 amide bonds. The van der Waals surface area contributed by atoms with E-state index in [2.05, 4.69) is 5.32 Å². The number of anilines is 1. The van der Waals surface area contributed by atoms with Crippen molar-refractivity contribution >= 4 is 11.7 Å². The van der Waals surface area contributed by atoms with Crippen LogP contribution in [0.5, 0.6) is 11.5 Å². The monoisotopic (exact) mass is 346 g/mol. The lowest BCUT2D eigenvalue weighted by Crippen LogP contribution is -2.22. The van der Waals surface area contributed by atoms with Crippen molar-refractivity contribution in [2.45, 2.75) is 19.4 Å². The van der Waals surface area contributed by atoms with Crippen molar-refractivity contribution in [1.29, 1.82) is 0 Å². The summed E-state index contributed by atoms with van der Waals surface area (Å²) in [6.45, 7) is 0.671. The molecule has 0 aliphatic rings. The number of carboxylic acid groups (broad SMARTS) is 1. The number of hydrogen-bond donors (Lipinski definition) is 1. The Kier molecular flexibility index (Phi) is 5.88. The Bertz CT molecular complexity index is 845. The predicted octanol–water partition coefficient (Wildman–Crippen LogP) is 3.77. The first-order chi connectivity index (χ1) is 12.7. The van der Waals surface area contributed by atoms with Gasteiger partial charge in [0.2, 0.25) is 0 Å². The van der Waals surface area contributed by atoms with Gasteiger partial charge in [-0.15, -0.1) is 0 Å². The number of aliphatic carboxylic acids is 1. The van der Waals surface area contributed by atoms with Crippen LogP contribution < -0.4 is 15.2 Å². The summed E-state index contributed by atoms with van der Waals surface area (Å²) in [6, 6.07) is 25.4. The van der Waals surface area contributed by atoms with Gasteiger partial charge in [0.1, 0.15) is 11.5 Å². The SMILES string of the molecule is O=C([O-])CCc1ccc(NCc2cccc(Oc3ccccc3)c2)cc1. The lowest BCUT2D eigenvalue weighted by molar-refractivity contribution is -0.305. The molecule has 3 aromatic rings. The molecule has 4 heteroatoms. The van der Waals surface area contributed by atoms with Crippen LogP contribution in [0.25, 0.3) is 0 Å². The van der Waals surface area contributed by atoms with E-state index in [1.807, 2.05) is 78.9 Å².